The number of nitrogens with zero attached hydrogens (tertiary/aromatic N) is 4. The van der Waals surface area contributed by atoms with Crippen LogP contribution >= 0.6 is 11.3 Å². The molecule has 224 valence electrons. The quantitative estimate of drug-likeness (QED) is 0.298. The third-order valence-corrected chi connectivity index (χ3v) is 8.65. The van der Waals surface area contributed by atoms with E-state index in [1.165, 1.54) is 12.1 Å². The van der Waals surface area contributed by atoms with Crippen molar-refractivity contribution in [1.29, 1.82) is 0 Å². The van der Waals surface area contributed by atoms with E-state index in [1.807, 2.05) is 0 Å². The maximum Gasteiger partial charge on any atom is 0.410 e. The Kier molecular flexibility index (Phi) is 8.86. The predicted molar refractivity (Wildman–Crippen MR) is 153 cm³/mol. The average Bonchev–Trinajstić information content (AvgIpc) is 3.60. The van der Waals surface area contributed by atoms with Crippen molar-refractivity contribution in [3.8, 4) is 0 Å². The van der Waals surface area contributed by atoms with E-state index in [0.29, 0.717) is 66.4 Å². The summed E-state index contributed by atoms with van der Waals surface area (Å²) in [5, 5.41) is 12.0. The van der Waals surface area contributed by atoms with Gasteiger partial charge in [-0.15, -0.1) is 0 Å². The third kappa shape index (κ3) is 6.95. The largest absolute Gasteiger partial charge is 0.462 e. The molecule has 1 aromatic carbocycles. The second-order valence-electron chi connectivity index (χ2n) is 9.68. The number of benzene rings is 1. The monoisotopic (exact) mass is 617 g/mol. The van der Waals surface area contributed by atoms with Crippen LogP contribution in [0.25, 0.3) is 0 Å². The zero-order valence-electron chi connectivity index (χ0n) is 23.1. The van der Waals surface area contributed by atoms with Gasteiger partial charge in [0.05, 0.1) is 42.6 Å². The highest BCUT2D eigenvalue weighted by Crippen LogP contribution is 2.30. The lowest BCUT2D eigenvalue weighted by Crippen LogP contribution is -2.39. The molecule has 0 spiro atoms. The topological polar surface area (TPSA) is 188 Å². The van der Waals surface area contributed by atoms with Crippen LogP contribution in [0.4, 0.5) is 21.7 Å². The fourth-order valence-electron chi connectivity index (χ4n) is 4.53. The summed E-state index contributed by atoms with van der Waals surface area (Å²) in [7, 11) is -3.80. The molecule has 2 aromatic heterocycles. The Hall–Kier alpha value is -3.86. The van der Waals surface area contributed by atoms with Gasteiger partial charge in [0.2, 0.25) is 16.0 Å². The molecule has 1 amide bonds. The molecule has 0 radical (unpaired) electrons. The number of anilines is 3. The maximum atomic E-state index is 12.9. The van der Waals surface area contributed by atoms with E-state index in [-0.39, 0.29) is 30.1 Å². The number of fused-ring (bicyclic) bond motifs is 1. The summed E-state index contributed by atoms with van der Waals surface area (Å²) in [5.41, 5.74) is 2.80. The zero-order chi connectivity index (χ0) is 29.9. The first-order chi connectivity index (χ1) is 20.1. The smallest absolute Gasteiger partial charge is 0.410 e. The maximum absolute atomic E-state index is 12.9. The first kappa shape index (κ1) is 29.6. The molecule has 0 saturated carbocycles. The van der Waals surface area contributed by atoms with Crippen LogP contribution in [-0.4, -0.2) is 72.8 Å². The van der Waals surface area contributed by atoms with Crippen LogP contribution in [0.15, 0.2) is 29.2 Å². The molecule has 1 saturated heterocycles. The Bertz CT molecular complexity index is 1570. The normalized spacial score (nSPS) is 16.5. The Morgan fingerprint density at radius 1 is 1.21 bits per heavy atom. The van der Waals surface area contributed by atoms with Crippen LogP contribution in [0.3, 0.4) is 0 Å². The zero-order valence-corrected chi connectivity index (χ0v) is 24.7. The molecule has 42 heavy (non-hydrogen) atoms. The molecule has 1 unspecified atom stereocenters. The lowest BCUT2D eigenvalue weighted by Gasteiger charge is -2.29. The van der Waals surface area contributed by atoms with Gasteiger partial charge in [0, 0.05) is 25.1 Å². The number of aryl methyl sites for hydroxylation is 1. The predicted octanol–water partition coefficient (Wildman–Crippen LogP) is 2.70. The lowest BCUT2D eigenvalue weighted by molar-refractivity contribution is 0.0511. The van der Waals surface area contributed by atoms with E-state index in [0.717, 1.165) is 22.5 Å². The van der Waals surface area contributed by atoms with Gasteiger partial charge in [-0.1, -0.05) is 23.5 Å². The fraction of sp³-hybridized carbons (Fsp3) is 0.423. The molecule has 0 bridgehead atoms. The van der Waals surface area contributed by atoms with Crippen molar-refractivity contribution < 1.29 is 32.2 Å². The standard InChI is InChI=1S/C26H31N7O7S2/c1-3-39-23(34)21-15(2)29-25(41-21)32-24-30-20-13-33(26(35)40-17-9-11-38-14-17)10-8-19(20)22(31-24)28-12-16-4-6-18(7-5-16)42(27,36)37/h4-7,17H,3,8-14H2,1-2H3,(H2,27,36,37)(H2,28,29,30,31,32). The summed E-state index contributed by atoms with van der Waals surface area (Å²) in [6, 6.07) is 6.22. The van der Waals surface area contributed by atoms with E-state index >= 15 is 0 Å². The van der Waals surface area contributed by atoms with Gasteiger partial charge in [0.25, 0.3) is 0 Å². The summed E-state index contributed by atoms with van der Waals surface area (Å²) < 4.78 is 39.2. The molecule has 1 fully saturated rings. The number of thiazole rings is 1. The number of aromatic nitrogens is 3. The van der Waals surface area contributed by atoms with Crippen molar-refractivity contribution in [2.45, 2.75) is 50.8 Å². The molecule has 3 aromatic rings. The molecule has 16 heteroatoms. The number of carbonyl (C=O) groups is 2. The van der Waals surface area contributed by atoms with Crippen molar-refractivity contribution in [2.24, 2.45) is 5.14 Å². The summed E-state index contributed by atoms with van der Waals surface area (Å²) >= 11 is 1.13. The molecule has 5 rings (SSSR count). The molecular formula is C26H31N7O7S2. The number of carbonyl (C=O) groups excluding carboxylic acids is 2. The Labute approximate surface area is 246 Å². The van der Waals surface area contributed by atoms with Gasteiger partial charge < -0.3 is 24.4 Å². The number of hydrogen-bond donors (Lipinski definition) is 3. The molecule has 2 aliphatic heterocycles. The number of rotatable bonds is 9. The van der Waals surface area contributed by atoms with Crippen molar-refractivity contribution in [3.63, 3.8) is 0 Å². The van der Waals surface area contributed by atoms with Crippen LogP contribution in [0.5, 0.6) is 0 Å². The number of sulfonamides is 1. The Morgan fingerprint density at radius 2 is 2.00 bits per heavy atom. The van der Waals surface area contributed by atoms with Crippen molar-refractivity contribution in [3.05, 3.63) is 51.7 Å². The second kappa shape index (κ2) is 12.6. The van der Waals surface area contributed by atoms with Crippen molar-refractivity contribution in [2.75, 3.05) is 37.0 Å². The third-order valence-electron chi connectivity index (χ3n) is 6.67. The van der Waals surface area contributed by atoms with Crippen LogP contribution in [0.1, 0.15) is 45.5 Å². The minimum absolute atomic E-state index is 0.0224. The number of hydrogen-bond acceptors (Lipinski definition) is 13. The number of nitrogens with one attached hydrogen (secondary N) is 2. The lowest BCUT2D eigenvalue weighted by atomic mass is 10.1. The summed E-state index contributed by atoms with van der Waals surface area (Å²) in [6.07, 6.45) is 0.464. The van der Waals surface area contributed by atoms with E-state index in [4.69, 9.17) is 19.3 Å². The number of ether oxygens (including phenoxy) is 3. The highest BCUT2D eigenvalue weighted by molar-refractivity contribution is 7.89. The van der Waals surface area contributed by atoms with Gasteiger partial charge in [0.15, 0.2) is 5.13 Å². The fourth-order valence-corrected chi connectivity index (χ4v) is 5.89. The number of nitrogens with two attached hydrogens (primary N) is 1. The molecule has 4 heterocycles. The number of amides is 1. The molecule has 4 N–H and O–H groups in total. The van der Waals surface area contributed by atoms with Gasteiger partial charge in [-0.3, -0.25) is 5.32 Å². The number of primary sulfonamides is 1. The first-order valence-corrected chi connectivity index (χ1v) is 15.7. The van der Waals surface area contributed by atoms with Gasteiger partial charge in [-0.25, -0.2) is 33.1 Å². The summed E-state index contributed by atoms with van der Waals surface area (Å²) in [5.74, 6) is 0.322. The minimum Gasteiger partial charge on any atom is -0.462 e. The van der Waals surface area contributed by atoms with Crippen LogP contribution < -0.4 is 15.8 Å². The first-order valence-electron chi connectivity index (χ1n) is 13.3. The van der Waals surface area contributed by atoms with Gasteiger partial charge in [-0.05, 0) is 38.0 Å². The summed E-state index contributed by atoms with van der Waals surface area (Å²) in [4.78, 5) is 40.9. The van der Waals surface area contributed by atoms with Crippen molar-refractivity contribution >= 4 is 50.3 Å². The minimum atomic E-state index is -3.80. The van der Waals surface area contributed by atoms with Gasteiger partial charge in [0.1, 0.15) is 16.8 Å². The Morgan fingerprint density at radius 3 is 2.69 bits per heavy atom. The van der Waals surface area contributed by atoms with Crippen LogP contribution in [-0.2, 0) is 43.7 Å². The number of esters is 1. The van der Waals surface area contributed by atoms with Gasteiger partial charge >= 0.3 is 12.1 Å². The van der Waals surface area contributed by atoms with Crippen LogP contribution in [0, 0.1) is 6.92 Å². The van der Waals surface area contributed by atoms with E-state index in [1.54, 1.807) is 30.9 Å². The van der Waals surface area contributed by atoms with E-state index in [2.05, 4.69) is 25.6 Å². The molecule has 2 aliphatic rings. The molecular weight excluding hydrogens is 586 g/mol. The summed E-state index contributed by atoms with van der Waals surface area (Å²) in [6.45, 7) is 5.62. The van der Waals surface area contributed by atoms with E-state index < -0.39 is 22.1 Å². The second-order valence-corrected chi connectivity index (χ2v) is 12.2. The average molecular weight is 618 g/mol. The molecule has 1 atom stereocenters. The SMILES string of the molecule is CCOC(=O)c1sc(Nc2nc3c(c(NCc4ccc(S(N)(=O)=O)cc4)n2)CCN(C(=O)OC2CCOC2)C3)nc1C. The molecule has 0 aliphatic carbocycles. The highest BCUT2D eigenvalue weighted by atomic mass is 32.2. The van der Waals surface area contributed by atoms with Crippen molar-refractivity contribution in [1.82, 2.24) is 19.9 Å². The van der Waals surface area contributed by atoms with Crippen LogP contribution in [0.2, 0.25) is 0 Å². The van der Waals surface area contributed by atoms with E-state index in [9.17, 15) is 18.0 Å². The molecule has 14 nitrogen and oxygen atoms in total. The van der Waals surface area contributed by atoms with Gasteiger partial charge in [-0.2, -0.15) is 4.98 Å². The Balaban J connectivity index is 1.39. The highest BCUT2D eigenvalue weighted by Gasteiger charge is 2.29.